The molecule has 0 aliphatic carbocycles. The molecule has 292 valence electrons. The van der Waals surface area contributed by atoms with Crippen molar-refractivity contribution in [3.8, 4) is 44.8 Å². The van der Waals surface area contributed by atoms with Gasteiger partial charge < -0.3 is 0 Å². The number of rotatable bonds is 5. The van der Waals surface area contributed by atoms with Crippen LogP contribution < -0.4 is 20.7 Å². The minimum atomic E-state index is -2.54. The van der Waals surface area contributed by atoms with Crippen molar-refractivity contribution in [2.45, 2.75) is 0 Å². The maximum Gasteiger partial charge on any atom is 0.180 e. The lowest BCUT2D eigenvalue weighted by Crippen LogP contribution is -2.72. The molecule has 0 amide bonds. The normalized spacial score (nSPS) is 12.9. The molecule has 12 aromatic rings. The van der Waals surface area contributed by atoms with Crippen LogP contribution in [0.1, 0.15) is 0 Å². The first-order valence-corrected chi connectivity index (χ1v) is 23.7. The molecule has 0 unspecified atom stereocenters. The Hall–Kier alpha value is -7.98. The molecule has 2 nitrogen and oxygen atoms in total. The van der Waals surface area contributed by atoms with Crippen molar-refractivity contribution in [3.05, 3.63) is 231 Å². The van der Waals surface area contributed by atoms with Crippen LogP contribution in [0.25, 0.3) is 98.9 Å². The van der Waals surface area contributed by atoms with Gasteiger partial charge in [0.15, 0.2) is 8.07 Å². The highest BCUT2D eigenvalue weighted by molar-refractivity contribution is 7.22. The van der Waals surface area contributed by atoms with Crippen LogP contribution in [0.5, 0.6) is 0 Å². The molecule has 0 fully saturated rings. The molecule has 2 aromatic heterocycles. The Morgan fingerprint density at radius 1 is 0.270 bits per heavy atom. The molecular weight excluding hydrogens is 777 g/mol. The molecule has 0 saturated carbocycles. The second-order valence-electron chi connectivity index (χ2n) is 16.8. The highest BCUT2D eigenvalue weighted by atomic mass is 28.3. The summed E-state index contributed by atoms with van der Waals surface area (Å²) in [5.74, 6) is 0. The van der Waals surface area contributed by atoms with E-state index >= 15 is 0 Å². The fourth-order valence-electron chi connectivity index (χ4n) is 10.6. The molecule has 3 heteroatoms. The van der Waals surface area contributed by atoms with Crippen molar-refractivity contribution in [1.29, 1.82) is 0 Å². The maximum atomic E-state index is 5.36. The van der Waals surface area contributed by atoms with E-state index in [4.69, 9.17) is 9.97 Å². The van der Waals surface area contributed by atoms with Crippen LogP contribution in [0, 0.1) is 0 Å². The molecule has 63 heavy (non-hydrogen) atoms. The molecule has 1 aliphatic rings. The van der Waals surface area contributed by atoms with Crippen LogP contribution in [0.3, 0.4) is 0 Å². The lowest BCUT2D eigenvalue weighted by molar-refractivity contribution is 1.37. The van der Waals surface area contributed by atoms with Gasteiger partial charge in [0.1, 0.15) is 0 Å². The number of hydrogen-bond acceptors (Lipinski definition) is 2. The summed E-state index contributed by atoms with van der Waals surface area (Å²) in [4.78, 5) is 10.7. The molecule has 1 aliphatic heterocycles. The number of fused-ring (bicyclic) bond motifs is 12. The number of nitrogens with zero attached hydrogens (tertiary/aromatic N) is 2. The summed E-state index contributed by atoms with van der Waals surface area (Å²) in [5, 5.41) is 15.5. The van der Waals surface area contributed by atoms with Crippen molar-refractivity contribution < 1.29 is 0 Å². The van der Waals surface area contributed by atoms with Crippen LogP contribution in [0.2, 0.25) is 0 Å². The molecule has 0 atom stereocenters. The molecule has 0 spiro atoms. The van der Waals surface area contributed by atoms with Gasteiger partial charge in [-0.15, -0.1) is 0 Å². The molecule has 10 aromatic carbocycles. The van der Waals surface area contributed by atoms with Crippen molar-refractivity contribution in [3.63, 3.8) is 0 Å². The minimum Gasteiger partial charge on any atom is -0.245 e. The van der Waals surface area contributed by atoms with E-state index in [-0.39, 0.29) is 0 Å². The first-order valence-electron chi connectivity index (χ1n) is 21.7. The zero-order valence-corrected chi connectivity index (χ0v) is 35.3. The third kappa shape index (κ3) is 5.43. The number of pyridine rings is 2. The van der Waals surface area contributed by atoms with Gasteiger partial charge in [0.2, 0.25) is 0 Å². The van der Waals surface area contributed by atoms with Crippen molar-refractivity contribution in [2.24, 2.45) is 0 Å². The van der Waals surface area contributed by atoms with E-state index < -0.39 is 8.07 Å². The zero-order valence-electron chi connectivity index (χ0n) is 34.3. The van der Waals surface area contributed by atoms with Gasteiger partial charge in [0, 0.05) is 21.9 Å². The fraction of sp³-hybridized carbons (Fsp3) is 0. The first kappa shape index (κ1) is 35.7. The second-order valence-corrected chi connectivity index (χ2v) is 20.6. The standard InChI is InChI=1S/C60H38N2Si/c1-2-15-45(16-3-1)63(57-23-10-8-21-52(57)53-22-9-11-24-58(53)63)46-32-27-39(28-33-46)42-13-12-14-43(37-42)55-35-30-40-25-26-41-31-36-56(62-60(41)59(40)61-55)44-29-34-51-49-19-5-4-17-47(49)48-18-6-7-20-50(48)54(51)38-44/h1-38H. The molecule has 0 bridgehead atoms. The number of aromatic nitrogens is 2. The van der Waals surface area contributed by atoms with Crippen molar-refractivity contribution >= 4 is 82.9 Å². The Labute approximate surface area is 366 Å². The molecule has 0 radical (unpaired) electrons. The largest absolute Gasteiger partial charge is 0.245 e. The lowest BCUT2D eigenvalue weighted by Gasteiger charge is -2.31. The molecule has 3 heterocycles. The van der Waals surface area contributed by atoms with Crippen LogP contribution in [0.15, 0.2) is 231 Å². The average molecular weight is 815 g/mol. The summed E-state index contributed by atoms with van der Waals surface area (Å²) in [5.41, 5.74) is 10.9. The van der Waals surface area contributed by atoms with E-state index in [1.165, 1.54) is 75.3 Å². The number of hydrogen-bond donors (Lipinski definition) is 0. The Kier molecular flexibility index (Phi) is 7.96. The van der Waals surface area contributed by atoms with E-state index in [1.54, 1.807) is 0 Å². The lowest BCUT2D eigenvalue weighted by atomic mass is 9.93. The summed E-state index contributed by atoms with van der Waals surface area (Å²) < 4.78 is 0. The monoisotopic (exact) mass is 814 g/mol. The van der Waals surface area contributed by atoms with Gasteiger partial charge >= 0.3 is 0 Å². The van der Waals surface area contributed by atoms with Crippen molar-refractivity contribution in [2.75, 3.05) is 0 Å². The van der Waals surface area contributed by atoms with E-state index in [1.807, 2.05) is 0 Å². The average Bonchev–Trinajstić information content (AvgIpc) is 3.67. The number of benzene rings is 10. The van der Waals surface area contributed by atoms with Crippen LogP contribution in [-0.2, 0) is 0 Å². The summed E-state index contributed by atoms with van der Waals surface area (Å²) in [6.45, 7) is 0. The van der Waals surface area contributed by atoms with Gasteiger partial charge in [0.25, 0.3) is 0 Å². The molecule has 0 N–H and O–H groups in total. The molecule has 0 saturated heterocycles. The Balaban J connectivity index is 0.890. The Bertz CT molecular complexity index is 3720. The minimum absolute atomic E-state index is 0.909. The summed E-state index contributed by atoms with van der Waals surface area (Å²) >= 11 is 0. The third-order valence-corrected chi connectivity index (χ3v) is 18.4. The van der Waals surface area contributed by atoms with Crippen LogP contribution in [-0.4, -0.2) is 18.0 Å². The smallest absolute Gasteiger partial charge is 0.180 e. The molecule has 13 rings (SSSR count). The van der Waals surface area contributed by atoms with Gasteiger partial charge in [-0.3, -0.25) is 0 Å². The maximum absolute atomic E-state index is 5.36. The van der Waals surface area contributed by atoms with Gasteiger partial charge in [-0.1, -0.05) is 206 Å². The summed E-state index contributed by atoms with van der Waals surface area (Å²) in [6.07, 6.45) is 0. The van der Waals surface area contributed by atoms with Gasteiger partial charge in [-0.2, -0.15) is 0 Å². The second kappa shape index (κ2) is 14.0. The van der Waals surface area contributed by atoms with Gasteiger partial charge in [-0.25, -0.2) is 9.97 Å². The Morgan fingerprint density at radius 2 is 0.714 bits per heavy atom. The highest BCUT2D eigenvalue weighted by Gasteiger charge is 2.48. The quantitative estimate of drug-likeness (QED) is 0.128. The van der Waals surface area contributed by atoms with Crippen molar-refractivity contribution in [1.82, 2.24) is 9.97 Å². The van der Waals surface area contributed by atoms with Crippen LogP contribution >= 0.6 is 0 Å². The van der Waals surface area contributed by atoms with E-state index in [2.05, 4.69) is 231 Å². The highest BCUT2D eigenvalue weighted by Crippen LogP contribution is 2.38. The zero-order chi connectivity index (χ0) is 41.5. The third-order valence-electron chi connectivity index (χ3n) is 13.5. The Morgan fingerprint density at radius 3 is 1.32 bits per heavy atom. The van der Waals surface area contributed by atoms with E-state index in [0.29, 0.717) is 0 Å². The van der Waals surface area contributed by atoms with Crippen LogP contribution in [0.4, 0.5) is 0 Å². The SMILES string of the molecule is c1ccc([Si]2(c3ccc(-c4cccc(-c5ccc6ccc7ccc(-c8ccc9c%10ccccc%10c%10ccccc%10c9c8)nc7c6n5)c4)cc3)c3ccccc3-c3ccccc32)cc1. The predicted octanol–water partition coefficient (Wildman–Crippen LogP) is 12.6. The first-order chi connectivity index (χ1) is 31.2. The van der Waals surface area contributed by atoms with Gasteiger partial charge in [0.05, 0.1) is 22.4 Å². The van der Waals surface area contributed by atoms with Gasteiger partial charge in [-0.05, 0) is 99.6 Å². The topological polar surface area (TPSA) is 25.8 Å². The van der Waals surface area contributed by atoms with E-state index in [9.17, 15) is 0 Å². The fourth-order valence-corrected chi connectivity index (χ4v) is 15.8. The molecular formula is C60H38N2Si. The summed E-state index contributed by atoms with van der Waals surface area (Å²) in [7, 11) is -2.54. The summed E-state index contributed by atoms with van der Waals surface area (Å²) in [6, 6.07) is 84.8. The predicted molar refractivity (Wildman–Crippen MR) is 268 cm³/mol. The van der Waals surface area contributed by atoms with E-state index in [0.717, 1.165) is 44.3 Å².